The first-order valence-electron chi connectivity index (χ1n) is 5.86. The summed E-state index contributed by atoms with van der Waals surface area (Å²) in [5.74, 6) is -0.774. The van der Waals surface area contributed by atoms with Crippen molar-refractivity contribution in [2.24, 2.45) is 0 Å². The second-order valence-electron chi connectivity index (χ2n) is 4.19. The van der Waals surface area contributed by atoms with Crippen LogP contribution in [0.4, 0.5) is 10.1 Å². The quantitative estimate of drug-likeness (QED) is 0.852. The van der Waals surface area contributed by atoms with Crippen LogP contribution >= 0.6 is 12.6 Å². The second kappa shape index (κ2) is 6.22. The first-order valence-corrected chi connectivity index (χ1v) is 6.30. The summed E-state index contributed by atoms with van der Waals surface area (Å²) < 4.78 is 13.0. The molecule has 100 valence electrons. The maximum atomic E-state index is 13.0. The van der Waals surface area contributed by atoms with Crippen LogP contribution in [0.2, 0.25) is 0 Å². The zero-order valence-corrected chi connectivity index (χ0v) is 11.3. The summed E-state index contributed by atoms with van der Waals surface area (Å²) >= 11 is 4.17. The van der Waals surface area contributed by atoms with Crippen LogP contribution in [0.1, 0.15) is 11.1 Å². The molecule has 0 aliphatic rings. The van der Waals surface area contributed by atoms with Crippen LogP contribution < -0.4 is 5.32 Å². The van der Waals surface area contributed by atoms with Gasteiger partial charge in [0.25, 0.3) is 0 Å². The lowest BCUT2D eigenvalue weighted by Crippen LogP contribution is -2.15. The first kappa shape index (κ1) is 14.1. The van der Waals surface area contributed by atoms with Crippen molar-refractivity contribution in [1.82, 2.24) is 0 Å². The molecule has 0 fully saturated rings. The minimum atomic E-state index is -0.510. The highest BCUT2D eigenvalue weighted by Gasteiger charge is 2.08. The number of anilines is 1. The Morgan fingerprint density at radius 1 is 1.25 bits per heavy atom. The number of thiol groups is 1. The number of rotatable bonds is 3. The number of nitrogens with zero attached hydrogens (tertiary/aromatic N) is 1. The molecule has 0 saturated heterocycles. The molecule has 3 nitrogen and oxygen atoms in total. The van der Waals surface area contributed by atoms with Crippen LogP contribution in [0.25, 0.3) is 0 Å². The lowest BCUT2D eigenvalue weighted by Gasteiger charge is -2.07. The van der Waals surface area contributed by atoms with E-state index in [1.165, 1.54) is 12.1 Å². The fourth-order valence-electron chi connectivity index (χ4n) is 1.71. The van der Waals surface area contributed by atoms with Gasteiger partial charge in [-0.05, 0) is 35.9 Å². The van der Waals surface area contributed by atoms with Crippen molar-refractivity contribution in [2.45, 2.75) is 11.3 Å². The van der Waals surface area contributed by atoms with Crippen molar-refractivity contribution in [3.63, 3.8) is 0 Å². The summed E-state index contributed by atoms with van der Waals surface area (Å²) in [5.41, 5.74) is 1.25. The molecule has 0 unspecified atom stereocenters. The van der Waals surface area contributed by atoms with Crippen LogP contribution in [0.5, 0.6) is 0 Å². The normalized spacial score (nSPS) is 9.85. The average molecular weight is 286 g/mol. The summed E-state index contributed by atoms with van der Waals surface area (Å²) in [4.78, 5) is 12.7. The summed E-state index contributed by atoms with van der Waals surface area (Å²) in [6.45, 7) is 0. The van der Waals surface area contributed by atoms with E-state index in [0.717, 1.165) is 16.5 Å². The molecule has 5 heteroatoms. The van der Waals surface area contributed by atoms with Crippen LogP contribution in [0, 0.1) is 17.1 Å². The monoisotopic (exact) mass is 286 g/mol. The number of nitriles is 1. The van der Waals surface area contributed by atoms with Crippen molar-refractivity contribution in [1.29, 1.82) is 5.26 Å². The van der Waals surface area contributed by atoms with Crippen molar-refractivity contribution in [3.8, 4) is 6.07 Å². The molecule has 1 N–H and O–H groups in total. The van der Waals surface area contributed by atoms with Gasteiger partial charge in [-0.1, -0.05) is 12.1 Å². The molecule has 2 aromatic rings. The molecule has 0 atom stereocenters. The van der Waals surface area contributed by atoms with E-state index >= 15 is 0 Å². The minimum Gasteiger partial charge on any atom is -0.325 e. The van der Waals surface area contributed by atoms with Gasteiger partial charge in [0.1, 0.15) is 11.9 Å². The molecule has 20 heavy (non-hydrogen) atoms. The zero-order chi connectivity index (χ0) is 14.5. The number of benzene rings is 2. The SMILES string of the molecule is N#Cc1cc(F)ccc1NC(=O)Cc1ccc(S)cc1. The standard InChI is InChI=1S/C15H11FN2OS/c16-12-3-6-14(11(8-12)9-17)18-15(19)7-10-1-4-13(20)5-2-10/h1-6,8,20H,7H2,(H,18,19). The minimum absolute atomic E-state index is 0.101. The Morgan fingerprint density at radius 3 is 2.60 bits per heavy atom. The summed E-state index contributed by atoms with van der Waals surface area (Å²) in [7, 11) is 0. The van der Waals surface area contributed by atoms with Gasteiger partial charge in [0.2, 0.25) is 5.91 Å². The summed E-state index contributed by atoms with van der Waals surface area (Å²) in [5, 5.41) is 11.5. The predicted molar refractivity (Wildman–Crippen MR) is 77.1 cm³/mol. The van der Waals surface area contributed by atoms with Crippen LogP contribution in [0.3, 0.4) is 0 Å². The van der Waals surface area contributed by atoms with E-state index < -0.39 is 5.82 Å². The van der Waals surface area contributed by atoms with Gasteiger partial charge in [-0.25, -0.2) is 4.39 Å². The third-order valence-corrected chi connectivity index (χ3v) is 2.98. The molecule has 0 saturated carbocycles. The Hall–Kier alpha value is -2.32. The maximum Gasteiger partial charge on any atom is 0.228 e. The smallest absolute Gasteiger partial charge is 0.228 e. The highest BCUT2D eigenvalue weighted by molar-refractivity contribution is 7.80. The van der Waals surface area contributed by atoms with Crippen molar-refractivity contribution < 1.29 is 9.18 Å². The van der Waals surface area contributed by atoms with Gasteiger partial charge in [-0.3, -0.25) is 4.79 Å². The predicted octanol–water partition coefficient (Wildman–Crippen LogP) is 3.17. The molecule has 0 bridgehead atoms. The Bertz CT molecular complexity index is 677. The Balaban J connectivity index is 2.09. The maximum absolute atomic E-state index is 13.0. The molecule has 0 aliphatic carbocycles. The summed E-state index contributed by atoms with van der Waals surface area (Å²) in [6, 6.07) is 12.7. The summed E-state index contributed by atoms with van der Waals surface area (Å²) in [6.07, 6.45) is 0.177. The van der Waals surface area contributed by atoms with E-state index in [1.807, 2.05) is 6.07 Å². The molecule has 0 spiro atoms. The third-order valence-electron chi connectivity index (χ3n) is 2.68. The van der Waals surface area contributed by atoms with Gasteiger partial charge < -0.3 is 5.32 Å². The molecular formula is C15H11FN2OS. The highest BCUT2D eigenvalue weighted by Crippen LogP contribution is 2.16. The van der Waals surface area contributed by atoms with Gasteiger partial charge in [-0.2, -0.15) is 5.26 Å². The highest BCUT2D eigenvalue weighted by atomic mass is 32.1. The van der Waals surface area contributed by atoms with E-state index in [4.69, 9.17) is 5.26 Å². The number of hydrogen-bond donors (Lipinski definition) is 2. The topological polar surface area (TPSA) is 52.9 Å². The van der Waals surface area contributed by atoms with Gasteiger partial charge in [0.05, 0.1) is 17.7 Å². The molecule has 0 heterocycles. The molecule has 0 radical (unpaired) electrons. The van der Waals surface area contributed by atoms with Crippen LogP contribution in [-0.2, 0) is 11.2 Å². The van der Waals surface area contributed by atoms with E-state index in [2.05, 4.69) is 17.9 Å². The first-order chi connectivity index (χ1) is 9.58. The Morgan fingerprint density at radius 2 is 1.95 bits per heavy atom. The Kier molecular flexibility index (Phi) is 4.38. The second-order valence-corrected chi connectivity index (χ2v) is 4.71. The number of nitrogens with one attached hydrogen (secondary N) is 1. The van der Waals surface area contributed by atoms with Crippen LogP contribution in [-0.4, -0.2) is 5.91 Å². The fraction of sp³-hybridized carbons (Fsp3) is 0.0667. The number of carbonyl (C=O) groups excluding carboxylic acids is 1. The van der Waals surface area contributed by atoms with Gasteiger partial charge in [0, 0.05) is 4.90 Å². The van der Waals surface area contributed by atoms with E-state index in [1.54, 1.807) is 24.3 Å². The Labute approximate surface area is 121 Å². The number of carbonyl (C=O) groups is 1. The number of halogens is 1. The molecule has 2 aromatic carbocycles. The van der Waals surface area contributed by atoms with Gasteiger partial charge in [-0.15, -0.1) is 12.6 Å². The van der Waals surface area contributed by atoms with Crippen molar-refractivity contribution >= 4 is 24.2 Å². The van der Waals surface area contributed by atoms with Crippen molar-refractivity contribution in [3.05, 3.63) is 59.4 Å². The number of amides is 1. The lowest BCUT2D eigenvalue weighted by atomic mass is 10.1. The van der Waals surface area contributed by atoms with Gasteiger partial charge in [0.15, 0.2) is 0 Å². The molecule has 2 rings (SSSR count). The van der Waals surface area contributed by atoms with E-state index in [0.29, 0.717) is 5.69 Å². The molecule has 1 amide bonds. The third kappa shape index (κ3) is 3.59. The van der Waals surface area contributed by atoms with Crippen molar-refractivity contribution in [2.75, 3.05) is 5.32 Å². The van der Waals surface area contributed by atoms with Crippen LogP contribution in [0.15, 0.2) is 47.4 Å². The molecule has 0 aliphatic heterocycles. The lowest BCUT2D eigenvalue weighted by molar-refractivity contribution is -0.115. The van der Waals surface area contributed by atoms with E-state index in [-0.39, 0.29) is 17.9 Å². The number of hydrogen-bond acceptors (Lipinski definition) is 3. The van der Waals surface area contributed by atoms with Gasteiger partial charge >= 0.3 is 0 Å². The average Bonchev–Trinajstić information content (AvgIpc) is 2.43. The molecular weight excluding hydrogens is 275 g/mol. The molecule has 0 aromatic heterocycles. The zero-order valence-electron chi connectivity index (χ0n) is 10.4. The largest absolute Gasteiger partial charge is 0.325 e. The fourth-order valence-corrected chi connectivity index (χ4v) is 1.86. The van der Waals surface area contributed by atoms with E-state index in [9.17, 15) is 9.18 Å².